The van der Waals surface area contributed by atoms with Gasteiger partial charge in [-0.05, 0) is 24.6 Å². The average molecular weight is 238 g/mol. The summed E-state index contributed by atoms with van der Waals surface area (Å²) in [5, 5.41) is 0. The third kappa shape index (κ3) is 5.24. The summed E-state index contributed by atoms with van der Waals surface area (Å²) in [5.74, 6) is -0.739. The molecule has 0 amide bonds. The lowest BCUT2D eigenvalue weighted by molar-refractivity contribution is -0.144. The summed E-state index contributed by atoms with van der Waals surface area (Å²) in [7, 11) is 0. The first kappa shape index (κ1) is 13.4. The van der Waals surface area contributed by atoms with Crippen molar-refractivity contribution in [2.75, 3.05) is 6.61 Å². The van der Waals surface area contributed by atoms with Crippen molar-refractivity contribution in [3.8, 4) is 0 Å². The number of hydrogen-bond acceptors (Lipinski definition) is 3. The van der Waals surface area contributed by atoms with E-state index in [9.17, 15) is 14.0 Å². The molecule has 0 unspecified atom stereocenters. The van der Waals surface area contributed by atoms with Gasteiger partial charge in [0, 0.05) is 12.8 Å². The molecule has 1 rings (SSSR count). The highest BCUT2D eigenvalue weighted by Crippen LogP contribution is 2.06. The van der Waals surface area contributed by atoms with Gasteiger partial charge in [0.1, 0.15) is 11.6 Å². The zero-order valence-corrected chi connectivity index (χ0v) is 9.74. The number of ether oxygens (including phenoxy) is 1. The van der Waals surface area contributed by atoms with Gasteiger partial charge < -0.3 is 4.74 Å². The van der Waals surface area contributed by atoms with E-state index in [0.717, 1.165) is 5.56 Å². The van der Waals surface area contributed by atoms with E-state index in [1.54, 1.807) is 19.1 Å². The van der Waals surface area contributed by atoms with E-state index < -0.39 is 0 Å². The molecule has 0 heterocycles. The first-order valence-corrected chi connectivity index (χ1v) is 5.53. The van der Waals surface area contributed by atoms with Crippen LogP contribution in [0, 0.1) is 5.82 Å². The molecule has 92 valence electrons. The summed E-state index contributed by atoms with van der Waals surface area (Å²) >= 11 is 0. The lowest BCUT2D eigenvalue weighted by Crippen LogP contribution is -2.09. The molecule has 0 radical (unpaired) electrons. The predicted octanol–water partition coefficient (Wildman–Crippen LogP) is 2.28. The quantitative estimate of drug-likeness (QED) is 0.714. The van der Waals surface area contributed by atoms with E-state index in [1.165, 1.54) is 12.1 Å². The van der Waals surface area contributed by atoms with Gasteiger partial charge >= 0.3 is 5.97 Å². The van der Waals surface area contributed by atoms with Gasteiger partial charge in [-0.1, -0.05) is 12.1 Å². The standard InChI is InChI=1S/C13H15FO3/c1-2-17-13(16)8-7-12(15)9-10-3-5-11(14)6-4-10/h3-6H,2,7-9H2,1H3. The molecule has 0 aliphatic rings. The minimum atomic E-state index is -0.361. The van der Waals surface area contributed by atoms with Crippen molar-refractivity contribution < 1.29 is 18.7 Å². The van der Waals surface area contributed by atoms with Gasteiger partial charge in [0.25, 0.3) is 0 Å². The smallest absolute Gasteiger partial charge is 0.306 e. The Labute approximate surface area is 99.6 Å². The van der Waals surface area contributed by atoms with Crippen molar-refractivity contribution in [3.63, 3.8) is 0 Å². The van der Waals surface area contributed by atoms with Crippen LogP contribution in [0.3, 0.4) is 0 Å². The topological polar surface area (TPSA) is 43.4 Å². The summed E-state index contributed by atoms with van der Waals surface area (Å²) in [6.45, 7) is 2.04. The summed E-state index contributed by atoms with van der Waals surface area (Å²) in [6.07, 6.45) is 0.490. The molecule has 4 heteroatoms. The van der Waals surface area contributed by atoms with Gasteiger partial charge in [-0.2, -0.15) is 0 Å². The second kappa shape index (κ2) is 6.78. The molecule has 1 aromatic rings. The first-order valence-electron chi connectivity index (χ1n) is 5.53. The summed E-state index contributed by atoms with van der Waals surface area (Å²) < 4.78 is 17.3. The zero-order valence-electron chi connectivity index (χ0n) is 9.74. The molecule has 0 fully saturated rings. The van der Waals surface area contributed by atoms with Gasteiger partial charge in [-0.15, -0.1) is 0 Å². The Balaban J connectivity index is 2.34. The van der Waals surface area contributed by atoms with Gasteiger partial charge in [-0.3, -0.25) is 9.59 Å². The van der Waals surface area contributed by atoms with E-state index in [2.05, 4.69) is 0 Å². The van der Waals surface area contributed by atoms with Gasteiger partial charge in [0.05, 0.1) is 13.0 Å². The number of carbonyl (C=O) groups is 2. The number of hydrogen-bond donors (Lipinski definition) is 0. The molecular weight excluding hydrogens is 223 g/mol. The fourth-order valence-corrected chi connectivity index (χ4v) is 1.39. The Morgan fingerprint density at radius 2 is 1.82 bits per heavy atom. The van der Waals surface area contributed by atoms with Crippen molar-refractivity contribution in [1.82, 2.24) is 0 Å². The van der Waals surface area contributed by atoms with Crippen molar-refractivity contribution in [2.45, 2.75) is 26.2 Å². The Hall–Kier alpha value is -1.71. The van der Waals surface area contributed by atoms with Crippen LogP contribution in [0.1, 0.15) is 25.3 Å². The number of Topliss-reactive ketones (excluding diaryl/α,β-unsaturated/α-hetero) is 1. The normalized spacial score (nSPS) is 10.0. The Kier molecular flexibility index (Phi) is 5.33. The highest BCUT2D eigenvalue weighted by Gasteiger charge is 2.08. The van der Waals surface area contributed by atoms with Crippen LogP contribution in [0.15, 0.2) is 24.3 Å². The van der Waals surface area contributed by atoms with Crippen molar-refractivity contribution in [2.24, 2.45) is 0 Å². The molecule has 0 aliphatic heterocycles. The summed E-state index contributed by atoms with van der Waals surface area (Å²) in [6, 6.07) is 5.76. The van der Waals surface area contributed by atoms with Gasteiger partial charge in [0.15, 0.2) is 0 Å². The molecule has 0 spiro atoms. The Morgan fingerprint density at radius 1 is 1.18 bits per heavy atom. The van der Waals surface area contributed by atoms with Crippen LogP contribution in [0.5, 0.6) is 0 Å². The van der Waals surface area contributed by atoms with E-state index in [4.69, 9.17) is 4.74 Å². The van der Waals surface area contributed by atoms with E-state index in [1.807, 2.05) is 0 Å². The Bertz CT molecular complexity index is 384. The Morgan fingerprint density at radius 3 is 2.41 bits per heavy atom. The van der Waals surface area contributed by atoms with Crippen molar-refractivity contribution >= 4 is 11.8 Å². The molecule has 0 aliphatic carbocycles. The minimum Gasteiger partial charge on any atom is -0.466 e. The van der Waals surface area contributed by atoms with E-state index in [0.29, 0.717) is 6.61 Å². The fraction of sp³-hybridized carbons (Fsp3) is 0.385. The summed E-state index contributed by atoms with van der Waals surface area (Å²) in [5.41, 5.74) is 0.750. The number of rotatable bonds is 6. The summed E-state index contributed by atoms with van der Waals surface area (Å²) in [4.78, 5) is 22.5. The van der Waals surface area contributed by atoms with Gasteiger partial charge in [-0.25, -0.2) is 4.39 Å². The molecule has 0 saturated carbocycles. The highest BCUT2D eigenvalue weighted by atomic mass is 19.1. The van der Waals surface area contributed by atoms with Crippen molar-refractivity contribution in [1.29, 1.82) is 0 Å². The number of esters is 1. The maximum Gasteiger partial charge on any atom is 0.306 e. The monoisotopic (exact) mass is 238 g/mol. The molecule has 17 heavy (non-hydrogen) atoms. The van der Waals surface area contributed by atoms with Crippen LogP contribution >= 0.6 is 0 Å². The molecule has 1 aromatic carbocycles. The number of benzene rings is 1. The lowest BCUT2D eigenvalue weighted by Gasteiger charge is -2.02. The second-order valence-electron chi connectivity index (χ2n) is 3.65. The highest BCUT2D eigenvalue weighted by molar-refractivity contribution is 5.84. The third-order valence-corrected chi connectivity index (χ3v) is 2.23. The van der Waals surface area contributed by atoms with E-state index >= 15 is 0 Å². The number of ketones is 1. The maximum absolute atomic E-state index is 12.6. The van der Waals surface area contributed by atoms with Crippen LogP contribution < -0.4 is 0 Å². The lowest BCUT2D eigenvalue weighted by atomic mass is 10.1. The zero-order chi connectivity index (χ0) is 12.7. The van der Waals surface area contributed by atoms with Crippen LogP contribution in [-0.4, -0.2) is 18.4 Å². The molecule has 0 N–H and O–H groups in total. The van der Waals surface area contributed by atoms with Crippen LogP contribution in [0.4, 0.5) is 4.39 Å². The van der Waals surface area contributed by atoms with Crippen LogP contribution in [0.2, 0.25) is 0 Å². The predicted molar refractivity (Wildman–Crippen MR) is 61.0 cm³/mol. The third-order valence-electron chi connectivity index (χ3n) is 2.23. The fourth-order valence-electron chi connectivity index (χ4n) is 1.39. The molecule has 0 aromatic heterocycles. The van der Waals surface area contributed by atoms with Crippen LogP contribution in [-0.2, 0) is 20.7 Å². The van der Waals surface area contributed by atoms with Crippen molar-refractivity contribution in [3.05, 3.63) is 35.6 Å². The van der Waals surface area contributed by atoms with Crippen LogP contribution in [0.25, 0.3) is 0 Å². The average Bonchev–Trinajstić information content (AvgIpc) is 2.30. The van der Waals surface area contributed by atoms with E-state index in [-0.39, 0.29) is 36.8 Å². The number of halogens is 1. The second-order valence-corrected chi connectivity index (χ2v) is 3.65. The minimum absolute atomic E-state index is 0.0512. The molecule has 3 nitrogen and oxygen atoms in total. The largest absolute Gasteiger partial charge is 0.466 e. The maximum atomic E-state index is 12.6. The molecular formula is C13H15FO3. The molecule has 0 saturated heterocycles. The number of carbonyl (C=O) groups excluding carboxylic acids is 2. The van der Waals surface area contributed by atoms with Gasteiger partial charge in [0.2, 0.25) is 0 Å². The SMILES string of the molecule is CCOC(=O)CCC(=O)Cc1ccc(F)cc1. The molecule has 0 bridgehead atoms. The first-order chi connectivity index (χ1) is 8.11. The molecule has 0 atom stereocenters.